The van der Waals surface area contributed by atoms with Gasteiger partial charge in [-0.3, -0.25) is 4.79 Å². The summed E-state index contributed by atoms with van der Waals surface area (Å²) in [5.41, 5.74) is 2.97. The number of thioether (sulfide) groups is 1. The molecule has 2 N–H and O–H groups in total. The number of carbonyl (C=O) groups excluding carboxylic acids is 1. The molecule has 0 radical (unpaired) electrons. The van der Waals surface area contributed by atoms with E-state index in [4.69, 9.17) is 0 Å². The lowest BCUT2D eigenvalue weighted by Gasteiger charge is -2.13. The molecule has 4 heteroatoms. The van der Waals surface area contributed by atoms with Crippen LogP contribution in [0.3, 0.4) is 0 Å². The molecule has 1 saturated heterocycles. The molecule has 0 bridgehead atoms. The van der Waals surface area contributed by atoms with Crippen LogP contribution < -0.4 is 10.6 Å². The zero-order chi connectivity index (χ0) is 13.0. The Bertz CT molecular complexity index is 428. The minimum atomic E-state index is 0.0497. The third kappa shape index (κ3) is 3.19. The number of nitrogens with one attached hydrogen (secondary N) is 2. The van der Waals surface area contributed by atoms with Gasteiger partial charge in [0.15, 0.2) is 0 Å². The molecule has 1 aromatic rings. The van der Waals surface area contributed by atoms with Gasteiger partial charge in [0.1, 0.15) is 0 Å². The fraction of sp³-hybridized carbons (Fsp3) is 0.500. The van der Waals surface area contributed by atoms with E-state index >= 15 is 0 Å². The van der Waals surface area contributed by atoms with Crippen molar-refractivity contribution in [1.82, 2.24) is 5.32 Å². The highest BCUT2D eigenvalue weighted by Crippen LogP contribution is 2.19. The molecule has 2 rings (SSSR count). The van der Waals surface area contributed by atoms with E-state index in [0.29, 0.717) is 6.04 Å². The van der Waals surface area contributed by atoms with E-state index in [-0.39, 0.29) is 5.91 Å². The van der Waals surface area contributed by atoms with Gasteiger partial charge in [-0.05, 0) is 49.8 Å². The minimum Gasteiger partial charge on any atom is -0.385 e. The minimum absolute atomic E-state index is 0.0497. The maximum absolute atomic E-state index is 12.1. The van der Waals surface area contributed by atoms with Crippen LogP contribution >= 0.6 is 11.8 Å². The first-order valence-corrected chi connectivity index (χ1v) is 7.59. The lowest BCUT2D eigenvalue weighted by Crippen LogP contribution is -2.34. The second-order valence-electron chi connectivity index (χ2n) is 4.59. The first-order chi connectivity index (χ1) is 8.70. The number of benzene rings is 1. The molecular formula is C14H20N2OS. The van der Waals surface area contributed by atoms with Crippen molar-refractivity contribution in [3.8, 4) is 0 Å². The number of anilines is 1. The summed E-state index contributed by atoms with van der Waals surface area (Å²) >= 11 is 1.91. The SMILES string of the molecule is CCNc1ccc(C(=O)NC2CCSC2)cc1C. The standard InChI is InChI=1S/C14H20N2OS/c1-3-15-13-5-4-11(8-10(13)2)14(17)16-12-6-7-18-9-12/h4-5,8,12,15H,3,6-7,9H2,1-2H3,(H,16,17). The molecule has 1 unspecified atom stereocenters. The second kappa shape index (κ2) is 6.14. The van der Waals surface area contributed by atoms with Gasteiger partial charge in [0.25, 0.3) is 5.91 Å². The molecule has 1 aliphatic heterocycles. The van der Waals surface area contributed by atoms with Crippen molar-refractivity contribution in [3.63, 3.8) is 0 Å². The first kappa shape index (κ1) is 13.3. The molecule has 18 heavy (non-hydrogen) atoms. The summed E-state index contributed by atoms with van der Waals surface area (Å²) in [4.78, 5) is 12.1. The summed E-state index contributed by atoms with van der Waals surface area (Å²) in [6, 6.07) is 6.17. The van der Waals surface area contributed by atoms with Crippen LogP contribution in [-0.2, 0) is 0 Å². The Morgan fingerprint density at radius 3 is 2.94 bits per heavy atom. The molecule has 98 valence electrons. The second-order valence-corrected chi connectivity index (χ2v) is 5.74. The number of carbonyl (C=O) groups is 1. The van der Waals surface area contributed by atoms with Crippen LogP contribution in [0.5, 0.6) is 0 Å². The maximum atomic E-state index is 12.1. The number of amides is 1. The Morgan fingerprint density at radius 1 is 1.50 bits per heavy atom. The molecule has 0 aliphatic carbocycles. The van der Waals surface area contributed by atoms with Crippen molar-refractivity contribution in [2.45, 2.75) is 26.3 Å². The highest BCUT2D eigenvalue weighted by Gasteiger charge is 2.18. The molecule has 1 aromatic carbocycles. The average Bonchev–Trinajstić information content (AvgIpc) is 2.84. The molecule has 0 aromatic heterocycles. The van der Waals surface area contributed by atoms with Gasteiger partial charge in [0.2, 0.25) is 0 Å². The van der Waals surface area contributed by atoms with Crippen LogP contribution in [0, 0.1) is 6.92 Å². The summed E-state index contributed by atoms with van der Waals surface area (Å²) in [6.45, 7) is 4.99. The number of hydrogen-bond donors (Lipinski definition) is 2. The summed E-state index contributed by atoms with van der Waals surface area (Å²) in [5.74, 6) is 2.25. The topological polar surface area (TPSA) is 41.1 Å². The van der Waals surface area contributed by atoms with Gasteiger partial charge in [0.05, 0.1) is 0 Å². The summed E-state index contributed by atoms with van der Waals surface area (Å²) in [7, 11) is 0. The van der Waals surface area contributed by atoms with Crippen LogP contribution in [0.2, 0.25) is 0 Å². The fourth-order valence-corrected chi connectivity index (χ4v) is 3.26. The summed E-state index contributed by atoms with van der Waals surface area (Å²) in [5, 5.41) is 6.37. The summed E-state index contributed by atoms with van der Waals surface area (Å²) < 4.78 is 0. The van der Waals surface area contributed by atoms with Crippen molar-refractivity contribution < 1.29 is 4.79 Å². The third-order valence-corrected chi connectivity index (χ3v) is 4.28. The molecule has 1 heterocycles. The van der Waals surface area contributed by atoms with Crippen molar-refractivity contribution in [3.05, 3.63) is 29.3 Å². The Kier molecular flexibility index (Phi) is 4.53. The average molecular weight is 264 g/mol. The van der Waals surface area contributed by atoms with Gasteiger partial charge < -0.3 is 10.6 Å². The van der Waals surface area contributed by atoms with E-state index in [1.807, 2.05) is 36.9 Å². The van der Waals surface area contributed by atoms with Crippen molar-refractivity contribution in [2.24, 2.45) is 0 Å². The van der Waals surface area contributed by atoms with Gasteiger partial charge in [-0.15, -0.1) is 0 Å². The van der Waals surface area contributed by atoms with E-state index < -0.39 is 0 Å². The van der Waals surface area contributed by atoms with Crippen molar-refractivity contribution >= 4 is 23.4 Å². The Labute approximate surface area is 113 Å². The van der Waals surface area contributed by atoms with Gasteiger partial charge in [0, 0.05) is 29.6 Å². The lowest BCUT2D eigenvalue weighted by molar-refractivity contribution is 0.0941. The lowest BCUT2D eigenvalue weighted by atomic mass is 10.1. The van der Waals surface area contributed by atoms with E-state index in [9.17, 15) is 4.79 Å². The van der Waals surface area contributed by atoms with Gasteiger partial charge >= 0.3 is 0 Å². The van der Waals surface area contributed by atoms with Crippen LogP contribution in [0.15, 0.2) is 18.2 Å². The molecule has 1 amide bonds. The Hall–Kier alpha value is -1.16. The molecule has 0 spiro atoms. The highest BCUT2D eigenvalue weighted by molar-refractivity contribution is 7.99. The van der Waals surface area contributed by atoms with E-state index in [1.54, 1.807) is 0 Å². The third-order valence-electron chi connectivity index (χ3n) is 3.12. The number of hydrogen-bond acceptors (Lipinski definition) is 3. The predicted molar refractivity (Wildman–Crippen MR) is 78.5 cm³/mol. The largest absolute Gasteiger partial charge is 0.385 e. The zero-order valence-corrected chi connectivity index (χ0v) is 11.8. The zero-order valence-electron chi connectivity index (χ0n) is 11.0. The summed E-state index contributed by atoms with van der Waals surface area (Å²) in [6.07, 6.45) is 1.09. The van der Waals surface area contributed by atoms with Gasteiger partial charge in [-0.1, -0.05) is 0 Å². The van der Waals surface area contributed by atoms with Crippen LogP contribution in [-0.4, -0.2) is 30.0 Å². The van der Waals surface area contributed by atoms with E-state index in [1.165, 1.54) is 0 Å². The van der Waals surface area contributed by atoms with Crippen LogP contribution in [0.4, 0.5) is 5.69 Å². The fourth-order valence-electron chi connectivity index (χ4n) is 2.11. The highest BCUT2D eigenvalue weighted by atomic mass is 32.2. The molecular weight excluding hydrogens is 244 g/mol. The van der Waals surface area contributed by atoms with Crippen molar-refractivity contribution in [1.29, 1.82) is 0 Å². The van der Waals surface area contributed by atoms with Gasteiger partial charge in [-0.2, -0.15) is 11.8 Å². The maximum Gasteiger partial charge on any atom is 0.251 e. The smallest absolute Gasteiger partial charge is 0.251 e. The van der Waals surface area contributed by atoms with Crippen LogP contribution in [0.25, 0.3) is 0 Å². The predicted octanol–water partition coefficient (Wildman–Crippen LogP) is 2.66. The Balaban J connectivity index is 2.03. The normalized spacial score (nSPS) is 18.7. The number of rotatable bonds is 4. The van der Waals surface area contributed by atoms with Crippen LogP contribution in [0.1, 0.15) is 29.3 Å². The molecule has 1 fully saturated rings. The molecule has 1 atom stereocenters. The van der Waals surface area contributed by atoms with E-state index in [2.05, 4.69) is 17.6 Å². The van der Waals surface area contributed by atoms with Gasteiger partial charge in [-0.25, -0.2) is 0 Å². The monoisotopic (exact) mass is 264 g/mol. The van der Waals surface area contributed by atoms with E-state index in [0.717, 1.165) is 41.3 Å². The first-order valence-electron chi connectivity index (χ1n) is 6.44. The Morgan fingerprint density at radius 2 is 2.33 bits per heavy atom. The molecule has 0 saturated carbocycles. The van der Waals surface area contributed by atoms with Crippen molar-refractivity contribution in [2.75, 3.05) is 23.4 Å². The molecule has 3 nitrogen and oxygen atoms in total. The molecule has 1 aliphatic rings. The quantitative estimate of drug-likeness (QED) is 0.878. The number of aryl methyl sites for hydroxylation is 1.